The normalized spacial score (nSPS) is 16.8. The minimum atomic E-state index is 0.115. The van der Waals surface area contributed by atoms with E-state index in [0.29, 0.717) is 0 Å². The number of fused-ring (bicyclic) bond motifs is 1. The van der Waals surface area contributed by atoms with Gasteiger partial charge in [0.1, 0.15) is 5.82 Å². The monoisotopic (exact) mass is 198 g/mol. The van der Waals surface area contributed by atoms with Gasteiger partial charge in [-0.15, -0.1) is 11.3 Å². The van der Waals surface area contributed by atoms with Gasteiger partial charge in [-0.1, -0.05) is 13.3 Å². The van der Waals surface area contributed by atoms with Gasteiger partial charge >= 0.3 is 0 Å². The number of thiophene rings is 1. The molecular weight excluding hydrogens is 183 g/mol. The van der Waals surface area contributed by atoms with Crippen molar-refractivity contribution >= 4 is 11.3 Å². The Labute approximate surface area is 82.8 Å². The van der Waals surface area contributed by atoms with Crippen LogP contribution in [0.3, 0.4) is 0 Å². The third kappa shape index (κ3) is 1.64. The van der Waals surface area contributed by atoms with E-state index < -0.39 is 0 Å². The number of rotatable bonds is 1. The Morgan fingerprint density at radius 3 is 2.77 bits per heavy atom. The van der Waals surface area contributed by atoms with Crippen LogP contribution >= 0.6 is 11.3 Å². The summed E-state index contributed by atoms with van der Waals surface area (Å²) in [5.74, 6) is 0.115. The molecule has 0 fully saturated rings. The molecule has 0 saturated carbocycles. The molecule has 0 unspecified atom stereocenters. The topological polar surface area (TPSA) is 0 Å². The van der Waals surface area contributed by atoms with Crippen LogP contribution in [0.1, 0.15) is 41.5 Å². The van der Waals surface area contributed by atoms with Gasteiger partial charge in [0.05, 0.1) is 0 Å². The van der Waals surface area contributed by atoms with Gasteiger partial charge in [-0.05, 0) is 32.1 Å². The first kappa shape index (κ1) is 9.20. The van der Waals surface area contributed by atoms with Crippen LogP contribution in [-0.4, -0.2) is 0 Å². The molecule has 72 valence electrons. The Morgan fingerprint density at radius 1 is 1.23 bits per heavy atom. The van der Waals surface area contributed by atoms with Crippen molar-refractivity contribution in [1.82, 2.24) is 0 Å². The van der Waals surface area contributed by atoms with Crippen molar-refractivity contribution in [3.8, 4) is 0 Å². The summed E-state index contributed by atoms with van der Waals surface area (Å²) in [6, 6.07) is 0. The number of hydrogen-bond acceptors (Lipinski definition) is 1. The van der Waals surface area contributed by atoms with Crippen molar-refractivity contribution in [2.24, 2.45) is 0 Å². The van der Waals surface area contributed by atoms with E-state index in [-0.39, 0.29) is 5.82 Å². The van der Waals surface area contributed by atoms with Crippen LogP contribution in [0.4, 0.5) is 4.39 Å². The SMILES string of the molecule is CCc1sc2c(c1F)CCCCC2. The molecule has 0 bridgehead atoms. The van der Waals surface area contributed by atoms with Crippen molar-refractivity contribution < 1.29 is 4.39 Å². The molecule has 0 amide bonds. The molecule has 0 radical (unpaired) electrons. The molecule has 2 rings (SSSR count). The molecule has 0 aliphatic heterocycles. The summed E-state index contributed by atoms with van der Waals surface area (Å²) < 4.78 is 13.7. The van der Waals surface area contributed by atoms with E-state index in [4.69, 9.17) is 0 Å². The van der Waals surface area contributed by atoms with Crippen LogP contribution < -0.4 is 0 Å². The summed E-state index contributed by atoms with van der Waals surface area (Å²) in [6.07, 6.45) is 6.61. The van der Waals surface area contributed by atoms with Crippen LogP contribution in [0.2, 0.25) is 0 Å². The van der Waals surface area contributed by atoms with E-state index in [1.165, 1.54) is 24.1 Å². The first-order valence-electron chi connectivity index (χ1n) is 5.11. The van der Waals surface area contributed by atoms with Crippen molar-refractivity contribution in [2.45, 2.75) is 45.4 Å². The standard InChI is InChI=1S/C11H15FS/c1-2-9-11(12)8-6-4-3-5-7-10(8)13-9/h2-7H2,1H3. The van der Waals surface area contributed by atoms with Gasteiger partial charge in [0.15, 0.2) is 0 Å². The minimum absolute atomic E-state index is 0.115. The Hall–Kier alpha value is -0.370. The lowest BCUT2D eigenvalue weighted by atomic mass is 10.1. The zero-order chi connectivity index (χ0) is 9.26. The Morgan fingerprint density at radius 2 is 2.00 bits per heavy atom. The first-order chi connectivity index (χ1) is 6.33. The second-order valence-electron chi connectivity index (χ2n) is 3.66. The van der Waals surface area contributed by atoms with Gasteiger partial charge in [0.2, 0.25) is 0 Å². The lowest BCUT2D eigenvalue weighted by Crippen LogP contribution is -1.88. The fourth-order valence-electron chi connectivity index (χ4n) is 1.99. The fraction of sp³-hybridized carbons (Fsp3) is 0.636. The van der Waals surface area contributed by atoms with Gasteiger partial charge in [0.25, 0.3) is 0 Å². The van der Waals surface area contributed by atoms with Crippen LogP contribution in [0.15, 0.2) is 0 Å². The third-order valence-electron chi connectivity index (χ3n) is 2.74. The Balaban J connectivity index is 2.38. The molecule has 0 spiro atoms. The lowest BCUT2D eigenvalue weighted by molar-refractivity contribution is 0.598. The molecule has 0 N–H and O–H groups in total. The molecule has 0 saturated heterocycles. The van der Waals surface area contributed by atoms with E-state index in [9.17, 15) is 4.39 Å². The van der Waals surface area contributed by atoms with E-state index >= 15 is 0 Å². The van der Waals surface area contributed by atoms with Crippen LogP contribution in [-0.2, 0) is 19.3 Å². The molecular formula is C11H15FS. The number of hydrogen-bond donors (Lipinski definition) is 0. The van der Waals surface area contributed by atoms with E-state index in [2.05, 4.69) is 0 Å². The maximum absolute atomic E-state index is 13.7. The highest BCUT2D eigenvalue weighted by Gasteiger charge is 2.18. The van der Waals surface area contributed by atoms with Crippen LogP contribution in [0.25, 0.3) is 0 Å². The predicted octanol–water partition coefficient (Wildman–Crippen LogP) is 3.72. The smallest absolute Gasteiger partial charge is 0.140 e. The van der Waals surface area contributed by atoms with E-state index in [1.807, 2.05) is 6.92 Å². The molecule has 0 nitrogen and oxygen atoms in total. The van der Waals surface area contributed by atoms with Gasteiger partial charge < -0.3 is 0 Å². The fourth-order valence-corrected chi connectivity index (χ4v) is 3.20. The second kappa shape index (κ2) is 3.79. The Bertz CT molecular complexity index is 301. The van der Waals surface area contributed by atoms with Crippen molar-refractivity contribution in [2.75, 3.05) is 0 Å². The molecule has 1 aromatic heterocycles. The van der Waals surface area contributed by atoms with Crippen LogP contribution in [0.5, 0.6) is 0 Å². The van der Waals surface area contributed by atoms with E-state index in [1.54, 1.807) is 11.3 Å². The van der Waals surface area contributed by atoms with Crippen molar-refractivity contribution in [3.63, 3.8) is 0 Å². The minimum Gasteiger partial charge on any atom is -0.205 e. The van der Waals surface area contributed by atoms with Gasteiger partial charge in [-0.2, -0.15) is 0 Å². The predicted molar refractivity (Wildman–Crippen MR) is 54.9 cm³/mol. The summed E-state index contributed by atoms with van der Waals surface area (Å²) in [4.78, 5) is 2.29. The van der Waals surface area contributed by atoms with E-state index in [0.717, 1.165) is 29.7 Å². The molecule has 0 aromatic carbocycles. The summed E-state index contributed by atoms with van der Waals surface area (Å²) in [7, 11) is 0. The zero-order valence-electron chi connectivity index (χ0n) is 8.03. The number of aryl methyl sites for hydroxylation is 2. The third-order valence-corrected chi connectivity index (χ3v) is 4.16. The quantitative estimate of drug-likeness (QED) is 0.603. The summed E-state index contributed by atoms with van der Waals surface area (Å²) in [6.45, 7) is 2.04. The average Bonchev–Trinajstić information content (AvgIpc) is 2.37. The van der Waals surface area contributed by atoms with Crippen molar-refractivity contribution in [3.05, 3.63) is 21.1 Å². The maximum atomic E-state index is 13.7. The highest BCUT2D eigenvalue weighted by molar-refractivity contribution is 7.12. The number of halogens is 1. The average molecular weight is 198 g/mol. The summed E-state index contributed by atoms with van der Waals surface area (Å²) in [5.41, 5.74) is 1.04. The highest BCUT2D eigenvalue weighted by atomic mass is 32.1. The molecule has 0 atom stereocenters. The second-order valence-corrected chi connectivity index (χ2v) is 4.84. The largest absolute Gasteiger partial charge is 0.205 e. The van der Waals surface area contributed by atoms with Gasteiger partial charge in [0, 0.05) is 15.3 Å². The highest BCUT2D eigenvalue weighted by Crippen LogP contribution is 2.32. The lowest BCUT2D eigenvalue weighted by Gasteiger charge is -1.95. The van der Waals surface area contributed by atoms with Gasteiger partial charge in [-0.3, -0.25) is 0 Å². The maximum Gasteiger partial charge on any atom is 0.140 e. The summed E-state index contributed by atoms with van der Waals surface area (Å²) >= 11 is 1.70. The first-order valence-corrected chi connectivity index (χ1v) is 5.93. The molecule has 1 aromatic rings. The molecule has 13 heavy (non-hydrogen) atoms. The Kier molecular flexibility index (Phi) is 2.68. The molecule has 1 aliphatic carbocycles. The molecule has 1 aliphatic rings. The van der Waals surface area contributed by atoms with Crippen LogP contribution in [0, 0.1) is 5.82 Å². The van der Waals surface area contributed by atoms with Gasteiger partial charge in [-0.25, -0.2) is 4.39 Å². The molecule has 2 heteroatoms. The molecule has 1 heterocycles. The summed E-state index contributed by atoms with van der Waals surface area (Å²) in [5, 5.41) is 0. The zero-order valence-corrected chi connectivity index (χ0v) is 8.85. The van der Waals surface area contributed by atoms with Crippen molar-refractivity contribution in [1.29, 1.82) is 0 Å².